The summed E-state index contributed by atoms with van der Waals surface area (Å²) >= 11 is 0. The van der Waals surface area contributed by atoms with Crippen LogP contribution < -0.4 is 4.74 Å². The van der Waals surface area contributed by atoms with Crippen LogP contribution in [-0.2, 0) is 12.8 Å². The average molecular weight is 295 g/mol. The van der Waals surface area contributed by atoms with Gasteiger partial charge in [-0.25, -0.2) is 4.39 Å². The molecule has 3 rings (SSSR count). The molecule has 0 aliphatic heterocycles. The van der Waals surface area contributed by atoms with E-state index in [0.29, 0.717) is 5.75 Å². The first kappa shape index (κ1) is 14.6. The molecule has 1 aliphatic rings. The average Bonchev–Trinajstić information content (AvgIpc) is 2.97. The molecule has 0 saturated heterocycles. The number of halogens is 1. The predicted octanol–water partition coefficient (Wildman–Crippen LogP) is 4.50. The number of nitriles is 1. The smallest absolute Gasteiger partial charge is 0.174 e. The third-order valence-corrected chi connectivity index (χ3v) is 4.31. The summed E-state index contributed by atoms with van der Waals surface area (Å²) in [6.45, 7) is 4.11. The van der Waals surface area contributed by atoms with Crippen LogP contribution in [0.4, 0.5) is 4.39 Å². The molecule has 0 unspecified atom stereocenters. The molecule has 0 saturated carbocycles. The van der Waals surface area contributed by atoms with Gasteiger partial charge in [0.05, 0.1) is 0 Å². The number of hydrogen-bond donors (Lipinski definition) is 0. The van der Waals surface area contributed by atoms with E-state index < -0.39 is 0 Å². The number of nitrogens with zero attached hydrogens (tertiary/aromatic N) is 1. The fraction of sp³-hybridized carbons (Fsp3) is 0.316. The summed E-state index contributed by atoms with van der Waals surface area (Å²) in [5, 5.41) is 8.62. The second-order valence-electron chi connectivity index (χ2n) is 5.78. The standard InChI is InChI=1S/C19H18FNO/c1-12-10-14(22-9-8-21)11-13(2)19(12)17-6-7-18(20)16-5-3-4-15(16)17/h6-7,10-11H,3-5,9H2,1-2H3. The Hall–Kier alpha value is -2.34. The molecule has 2 nitrogen and oxygen atoms in total. The minimum atomic E-state index is -0.0828. The minimum absolute atomic E-state index is 0.0458. The van der Waals surface area contributed by atoms with Crippen LogP contribution in [-0.4, -0.2) is 6.61 Å². The maximum absolute atomic E-state index is 13.9. The molecule has 0 atom stereocenters. The Kier molecular flexibility index (Phi) is 3.85. The normalized spacial score (nSPS) is 12.8. The Morgan fingerprint density at radius 3 is 2.50 bits per heavy atom. The molecule has 22 heavy (non-hydrogen) atoms. The highest BCUT2D eigenvalue weighted by Gasteiger charge is 2.21. The molecule has 0 heterocycles. The molecule has 0 N–H and O–H groups in total. The monoisotopic (exact) mass is 295 g/mol. The lowest BCUT2D eigenvalue weighted by Crippen LogP contribution is -1.99. The van der Waals surface area contributed by atoms with Gasteiger partial charge in [0.1, 0.15) is 17.6 Å². The van der Waals surface area contributed by atoms with E-state index in [1.54, 1.807) is 6.07 Å². The fourth-order valence-corrected chi connectivity index (χ4v) is 3.44. The van der Waals surface area contributed by atoms with Crippen LogP contribution in [0, 0.1) is 31.0 Å². The highest BCUT2D eigenvalue weighted by Crippen LogP contribution is 2.38. The molecule has 0 amide bonds. The van der Waals surface area contributed by atoms with E-state index in [1.807, 2.05) is 38.1 Å². The molecule has 0 bridgehead atoms. The van der Waals surface area contributed by atoms with Crippen molar-refractivity contribution in [3.63, 3.8) is 0 Å². The van der Waals surface area contributed by atoms with E-state index >= 15 is 0 Å². The van der Waals surface area contributed by atoms with Crippen LogP contribution in [0.1, 0.15) is 28.7 Å². The molecule has 112 valence electrons. The highest BCUT2D eigenvalue weighted by molar-refractivity contribution is 5.76. The molecule has 0 radical (unpaired) electrons. The van der Waals surface area contributed by atoms with Gasteiger partial charge in [-0.15, -0.1) is 0 Å². The molecular weight excluding hydrogens is 277 g/mol. The van der Waals surface area contributed by atoms with E-state index in [4.69, 9.17) is 10.00 Å². The highest BCUT2D eigenvalue weighted by atomic mass is 19.1. The van der Waals surface area contributed by atoms with Gasteiger partial charge >= 0.3 is 0 Å². The van der Waals surface area contributed by atoms with Gasteiger partial charge in [0, 0.05) is 0 Å². The first-order valence-electron chi connectivity index (χ1n) is 7.53. The number of aryl methyl sites for hydroxylation is 2. The Morgan fingerprint density at radius 2 is 1.82 bits per heavy atom. The van der Waals surface area contributed by atoms with Crippen molar-refractivity contribution in [2.75, 3.05) is 6.61 Å². The number of hydrogen-bond acceptors (Lipinski definition) is 2. The van der Waals surface area contributed by atoms with Crippen molar-refractivity contribution in [1.29, 1.82) is 5.26 Å². The fourth-order valence-electron chi connectivity index (χ4n) is 3.44. The maximum Gasteiger partial charge on any atom is 0.174 e. The summed E-state index contributed by atoms with van der Waals surface area (Å²) in [4.78, 5) is 0. The largest absolute Gasteiger partial charge is 0.479 e. The van der Waals surface area contributed by atoms with E-state index in [-0.39, 0.29) is 12.4 Å². The zero-order valence-electron chi connectivity index (χ0n) is 12.9. The third kappa shape index (κ3) is 2.46. The number of ether oxygens (including phenoxy) is 1. The van der Waals surface area contributed by atoms with Gasteiger partial charge in [0.2, 0.25) is 0 Å². The van der Waals surface area contributed by atoms with Gasteiger partial charge in [-0.3, -0.25) is 0 Å². The predicted molar refractivity (Wildman–Crippen MR) is 84.4 cm³/mol. The first-order valence-corrected chi connectivity index (χ1v) is 7.53. The first-order chi connectivity index (χ1) is 10.6. The quantitative estimate of drug-likeness (QED) is 0.835. The van der Waals surface area contributed by atoms with Crippen LogP contribution in [0.5, 0.6) is 5.75 Å². The summed E-state index contributed by atoms with van der Waals surface area (Å²) in [5.74, 6) is 0.625. The zero-order chi connectivity index (χ0) is 15.7. The minimum Gasteiger partial charge on any atom is -0.479 e. The topological polar surface area (TPSA) is 33.0 Å². The van der Waals surface area contributed by atoms with E-state index in [2.05, 4.69) is 0 Å². The van der Waals surface area contributed by atoms with Crippen molar-refractivity contribution in [2.24, 2.45) is 0 Å². The van der Waals surface area contributed by atoms with Crippen LogP contribution >= 0.6 is 0 Å². The second-order valence-corrected chi connectivity index (χ2v) is 5.78. The number of rotatable bonds is 3. The summed E-state index contributed by atoms with van der Waals surface area (Å²) in [7, 11) is 0. The van der Waals surface area contributed by atoms with Crippen molar-refractivity contribution >= 4 is 0 Å². The number of fused-ring (bicyclic) bond motifs is 1. The molecule has 0 fully saturated rings. The Bertz CT molecular complexity index is 751. The van der Waals surface area contributed by atoms with Crippen molar-refractivity contribution in [1.82, 2.24) is 0 Å². The summed E-state index contributed by atoms with van der Waals surface area (Å²) in [6, 6.07) is 9.35. The van der Waals surface area contributed by atoms with Gasteiger partial charge in [0.15, 0.2) is 6.61 Å². The van der Waals surface area contributed by atoms with E-state index in [0.717, 1.165) is 52.6 Å². The zero-order valence-corrected chi connectivity index (χ0v) is 12.9. The molecule has 1 aliphatic carbocycles. The van der Waals surface area contributed by atoms with Crippen LogP contribution in [0.3, 0.4) is 0 Å². The van der Waals surface area contributed by atoms with Crippen molar-refractivity contribution in [2.45, 2.75) is 33.1 Å². The Balaban J connectivity index is 2.10. The van der Waals surface area contributed by atoms with Gasteiger partial charge in [-0.05, 0) is 84.7 Å². The van der Waals surface area contributed by atoms with E-state index in [1.165, 1.54) is 0 Å². The van der Waals surface area contributed by atoms with Crippen molar-refractivity contribution < 1.29 is 9.13 Å². The molecule has 2 aromatic rings. The lowest BCUT2D eigenvalue weighted by molar-refractivity contribution is 0.367. The lowest BCUT2D eigenvalue weighted by atomic mass is 9.90. The second kappa shape index (κ2) is 5.81. The lowest BCUT2D eigenvalue weighted by Gasteiger charge is -2.16. The van der Waals surface area contributed by atoms with Gasteiger partial charge < -0.3 is 4.74 Å². The Morgan fingerprint density at radius 1 is 1.14 bits per heavy atom. The summed E-state index contributed by atoms with van der Waals surface area (Å²) in [6.07, 6.45) is 2.79. The SMILES string of the molecule is Cc1cc(OCC#N)cc(C)c1-c1ccc(F)c2c1CCC2. The van der Waals surface area contributed by atoms with Crippen LogP contribution in [0.2, 0.25) is 0 Å². The molecular formula is C19H18FNO. The van der Waals surface area contributed by atoms with Crippen molar-refractivity contribution in [3.05, 3.63) is 52.3 Å². The molecule has 2 aromatic carbocycles. The molecule has 0 aromatic heterocycles. The number of benzene rings is 2. The maximum atomic E-state index is 13.9. The molecule has 0 spiro atoms. The third-order valence-electron chi connectivity index (χ3n) is 4.31. The Labute approximate surface area is 130 Å². The van der Waals surface area contributed by atoms with Gasteiger partial charge in [-0.2, -0.15) is 5.26 Å². The molecule has 3 heteroatoms. The van der Waals surface area contributed by atoms with Gasteiger partial charge in [-0.1, -0.05) is 6.07 Å². The van der Waals surface area contributed by atoms with Crippen LogP contribution in [0.15, 0.2) is 24.3 Å². The summed E-state index contributed by atoms with van der Waals surface area (Å²) in [5.41, 5.74) is 6.50. The van der Waals surface area contributed by atoms with Crippen molar-refractivity contribution in [3.8, 4) is 22.9 Å². The van der Waals surface area contributed by atoms with E-state index in [9.17, 15) is 4.39 Å². The summed E-state index contributed by atoms with van der Waals surface area (Å²) < 4.78 is 19.3. The van der Waals surface area contributed by atoms with Gasteiger partial charge in [0.25, 0.3) is 0 Å². The van der Waals surface area contributed by atoms with Crippen LogP contribution in [0.25, 0.3) is 11.1 Å².